The van der Waals surface area contributed by atoms with Crippen molar-refractivity contribution in [3.8, 4) is 17.2 Å². The maximum Gasteiger partial charge on any atom is 0.246 e. The van der Waals surface area contributed by atoms with Gasteiger partial charge in [0.2, 0.25) is 11.8 Å². The maximum atomic E-state index is 13.4. The third-order valence-electron chi connectivity index (χ3n) is 7.00. The van der Waals surface area contributed by atoms with Gasteiger partial charge in [-0.15, -0.1) is 0 Å². The van der Waals surface area contributed by atoms with Crippen LogP contribution in [-0.2, 0) is 16.0 Å². The molecule has 8 heteroatoms. The van der Waals surface area contributed by atoms with Crippen LogP contribution in [0.3, 0.4) is 0 Å². The molecule has 3 aromatic rings. The molecule has 202 valence electrons. The molecule has 2 amide bonds. The number of aliphatic hydroxyl groups is 1. The van der Waals surface area contributed by atoms with Crippen molar-refractivity contribution in [2.24, 2.45) is 0 Å². The summed E-state index contributed by atoms with van der Waals surface area (Å²) in [5.74, 6) is -0.446. The van der Waals surface area contributed by atoms with Crippen LogP contribution in [0.15, 0.2) is 66.7 Å². The number of anilines is 1. The van der Waals surface area contributed by atoms with Gasteiger partial charge in [-0.2, -0.15) is 5.26 Å². The molecule has 2 N–H and O–H groups in total. The summed E-state index contributed by atoms with van der Waals surface area (Å²) in [6, 6.07) is 22.3. The number of nitriles is 1. The molecule has 0 bridgehead atoms. The Morgan fingerprint density at radius 2 is 1.92 bits per heavy atom. The summed E-state index contributed by atoms with van der Waals surface area (Å²) in [6.07, 6.45) is 0.785. The number of hydrogen-bond acceptors (Lipinski definition) is 5. The van der Waals surface area contributed by atoms with Gasteiger partial charge in [-0.25, -0.2) is 0 Å². The number of aryl methyl sites for hydroxylation is 1. The monoisotopic (exact) mass is 544 g/mol. The lowest BCUT2D eigenvalue weighted by Gasteiger charge is -2.30. The van der Waals surface area contributed by atoms with Crippen LogP contribution in [0, 0.1) is 18.3 Å². The molecule has 1 saturated heterocycles. The van der Waals surface area contributed by atoms with Crippen molar-refractivity contribution < 1.29 is 14.7 Å². The van der Waals surface area contributed by atoms with E-state index in [4.69, 9.17) is 11.6 Å². The van der Waals surface area contributed by atoms with Crippen molar-refractivity contribution in [1.82, 2.24) is 9.80 Å². The van der Waals surface area contributed by atoms with Gasteiger partial charge < -0.3 is 15.3 Å². The first-order valence-corrected chi connectivity index (χ1v) is 13.5. The smallest absolute Gasteiger partial charge is 0.246 e. The summed E-state index contributed by atoms with van der Waals surface area (Å²) in [4.78, 5) is 30.2. The molecule has 0 saturated carbocycles. The van der Waals surface area contributed by atoms with Crippen LogP contribution in [0.2, 0.25) is 5.02 Å². The number of likely N-dealkylation sites (tertiary alicyclic amines) is 1. The van der Waals surface area contributed by atoms with E-state index in [9.17, 15) is 20.0 Å². The SMILES string of the molecule is Cc1cc(Cl)cc(NC(=O)C(C)N(CCc2ccc(-c3cccc(C#N)c3)cc2)C(=O)CN2CC[C@H](O)C2)c1. The molecule has 0 spiro atoms. The van der Waals surface area contributed by atoms with Crippen LogP contribution in [0.1, 0.15) is 30.0 Å². The predicted molar refractivity (Wildman–Crippen MR) is 153 cm³/mol. The third kappa shape index (κ3) is 7.67. The number of amides is 2. The molecule has 0 radical (unpaired) electrons. The predicted octanol–water partition coefficient (Wildman–Crippen LogP) is 4.65. The van der Waals surface area contributed by atoms with Gasteiger partial charge in [-0.05, 0) is 79.3 Å². The first kappa shape index (κ1) is 28.3. The van der Waals surface area contributed by atoms with Crippen molar-refractivity contribution in [2.75, 3.05) is 31.5 Å². The molecule has 7 nitrogen and oxygen atoms in total. The summed E-state index contributed by atoms with van der Waals surface area (Å²) >= 11 is 6.16. The maximum absolute atomic E-state index is 13.4. The normalized spacial score (nSPS) is 15.9. The van der Waals surface area contributed by atoms with Gasteiger partial charge >= 0.3 is 0 Å². The van der Waals surface area contributed by atoms with Crippen LogP contribution in [0.4, 0.5) is 5.69 Å². The molecule has 0 aromatic heterocycles. The van der Waals surface area contributed by atoms with Crippen molar-refractivity contribution >= 4 is 29.1 Å². The fourth-order valence-corrected chi connectivity index (χ4v) is 5.14. The largest absolute Gasteiger partial charge is 0.392 e. The highest BCUT2D eigenvalue weighted by Crippen LogP contribution is 2.22. The number of aliphatic hydroxyl groups excluding tert-OH is 1. The van der Waals surface area contributed by atoms with Crippen LogP contribution in [-0.4, -0.2) is 65.0 Å². The number of carbonyl (C=O) groups excluding carboxylic acids is 2. The Morgan fingerprint density at radius 3 is 2.59 bits per heavy atom. The lowest BCUT2D eigenvalue weighted by atomic mass is 10.0. The van der Waals surface area contributed by atoms with Crippen molar-refractivity contribution in [1.29, 1.82) is 5.26 Å². The van der Waals surface area contributed by atoms with E-state index in [0.29, 0.717) is 48.7 Å². The number of nitrogens with zero attached hydrogens (tertiary/aromatic N) is 3. The van der Waals surface area contributed by atoms with Gasteiger partial charge in [0, 0.05) is 30.3 Å². The van der Waals surface area contributed by atoms with E-state index in [1.165, 1.54) is 0 Å². The van der Waals surface area contributed by atoms with Crippen LogP contribution >= 0.6 is 11.6 Å². The highest BCUT2D eigenvalue weighted by Gasteiger charge is 2.29. The fraction of sp³-hybridized carbons (Fsp3) is 0.323. The topological polar surface area (TPSA) is 96.7 Å². The van der Waals surface area contributed by atoms with E-state index >= 15 is 0 Å². The van der Waals surface area contributed by atoms with Gasteiger partial charge in [0.1, 0.15) is 6.04 Å². The molecule has 1 unspecified atom stereocenters. The zero-order valence-electron chi connectivity index (χ0n) is 22.2. The van der Waals surface area contributed by atoms with E-state index in [2.05, 4.69) is 11.4 Å². The van der Waals surface area contributed by atoms with Crippen LogP contribution < -0.4 is 5.32 Å². The van der Waals surface area contributed by atoms with E-state index in [0.717, 1.165) is 22.3 Å². The standard InChI is InChI=1S/C31H33ClN4O3/c1-21-14-27(32)17-28(15-21)34-31(39)22(2)36(30(38)20-35-12-11-29(37)19-35)13-10-23-6-8-25(9-7-23)26-5-3-4-24(16-26)18-33/h3-9,14-17,22,29,37H,10-13,19-20H2,1-2H3,(H,34,39)/t22?,29-/m0/s1. The summed E-state index contributed by atoms with van der Waals surface area (Å²) in [5.41, 5.74) is 5.11. The lowest BCUT2D eigenvalue weighted by molar-refractivity contribution is -0.138. The summed E-state index contributed by atoms with van der Waals surface area (Å²) < 4.78 is 0. The van der Waals surface area contributed by atoms with E-state index < -0.39 is 12.1 Å². The third-order valence-corrected chi connectivity index (χ3v) is 7.22. The molecule has 1 aliphatic rings. The summed E-state index contributed by atoms with van der Waals surface area (Å²) in [6.45, 7) is 5.25. The first-order valence-electron chi connectivity index (χ1n) is 13.1. The summed E-state index contributed by atoms with van der Waals surface area (Å²) in [7, 11) is 0. The molecule has 39 heavy (non-hydrogen) atoms. The van der Waals surface area contributed by atoms with Crippen molar-refractivity contribution in [3.05, 3.63) is 88.4 Å². The number of rotatable bonds is 9. The highest BCUT2D eigenvalue weighted by molar-refractivity contribution is 6.31. The molecule has 0 aliphatic carbocycles. The number of carbonyl (C=O) groups is 2. The van der Waals surface area contributed by atoms with Gasteiger partial charge in [-0.3, -0.25) is 14.5 Å². The Kier molecular flexibility index (Phi) is 9.36. The van der Waals surface area contributed by atoms with Crippen LogP contribution in [0.25, 0.3) is 11.1 Å². The van der Waals surface area contributed by atoms with Gasteiger partial charge in [0.15, 0.2) is 0 Å². The Balaban J connectivity index is 1.47. The van der Waals surface area contributed by atoms with Crippen LogP contribution in [0.5, 0.6) is 0 Å². The molecule has 3 aromatic carbocycles. The summed E-state index contributed by atoms with van der Waals surface area (Å²) in [5, 5.41) is 22.5. The zero-order valence-corrected chi connectivity index (χ0v) is 23.0. The van der Waals surface area contributed by atoms with Gasteiger partial charge in [0.05, 0.1) is 24.3 Å². The molecule has 1 aliphatic heterocycles. The fourth-order valence-electron chi connectivity index (χ4n) is 4.85. The second kappa shape index (κ2) is 12.9. The van der Waals surface area contributed by atoms with Crippen molar-refractivity contribution in [3.63, 3.8) is 0 Å². The minimum Gasteiger partial charge on any atom is -0.392 e. The van der Waals surface area contributed by atoms with Gasteiger partial charge in [-0.1, -0.05) is 48.0 Å². The average molecular weight is 545 g/mol. The van der Waals surface area contributed by atoms with Gasteiger partial charge in [0.25, 0.3) is 0 Å². The Hall–Kier alpha value is -3.70. The minimum absolute atomic E-state index is 0.152. The Bertz CT molecular complexity index is 1350. The average Bonchev–Trinajstić information content (AvgIpc) is 3.32. The molecule has 1 heterocycles. The van der Waals surface area contributed by atoms with E-state index in [1.807, 2.05) is 66.4 Å². The van der Waals surface area contributed by atoms with E-state index in [1.54, 1.807) is 24.0 Å². The minimum atomic E-state index is -0.711. The zero-order chi connectivity index (χ0) is 27.9. The number of hydrogen-bond donors (Lipinski definition) is 2. The highest BCUT2D eigenvalue weighted by atomic mass is 35.5. The molecule has 4 rings (SSSR count). The second-order valence-electron chi connectivity index (χ2n) is 10.1. The quantitative estimate of drug-likeness (QED) is 0.409. The number of β-amino-alcohol motifs (C(OH)–C–C–N with tert-alkyl or cyclic N) is 1. The van der Waals surface area contributed by atoms with E-state index in [-0.39, 0.29) is 18.4 Å². The van der Waals surface area contributed by atoms with Crippen molar-refractivity contribution in [2.45, 2.75) is 38.8 Å². The molecular weight excluding hydrogens is 512 g/mol. The first-order chi connectivity index (χ1) is 18.7. The lowest BCUT2D eigenvalue weighted by Crippen LogP contribution is -2.49. The molecular formula is C31H33ClN4O3. The number of nitrogens with one attached hydrogen (secondary N) is 1. The number of halogens is 1. The Labute approximate surface area is 234 Å². The molecule has 1 fully saturated rings. The number of benzene rings is 3. The molecule has 2 atom stereocenters. The Morgan fingerprint density at radius 1 is 1.15 bits per heavy atom. The second-order valence-corrected chi connectivity index (χ2v) is 10.5.